The largest absolute Gasteiger partial charge is 0.493 e. The van der Waals surface area contributed by atoms with Crippen molar-refractivity contribution in [2.45, 2.75) is 0 Å². The Morgan fingerprint density at radius 3 is 2.50 bits per heavy atom. The van der Waals surface area contributed by atoms with E-state index >= 15 is 0 Å². The van der Waals surface area contributed by atoms with Crippen molar-refractivity contribution in [2.75, 3.05) is 25.7 Å². The molecule has 1 heterocycles. The molecular weight excluding hydrogens is 498 g/mol. The fraction of sp³-hybridized carbons (Fsp3) is 0.150. The van der Waals surface area contributed by atoms with Crippen molar-refractivity contribution in [3.05, 3.63) is 56.4 Å². The highest BCUT2D eigenvalue weighted by Crippen LogP contribution is 2.39. The molecule has 156 valence electrons. The van der Waals surface area contributed by atoms with E-state index in [1.807, 2.05) is 0 Å². The first kappa shape index (κ1) is 22.2. The van der Waals surface area contributed by atoms with Crippen LogP contribution in [0.25, 0.3) is 6.08 Å². The molecule has 1 saturated heterocycles. The van der Waals surface area contributed by atoms with Gasteiger partial charge in [0.05, 0.1) is 24.8 Å². The van der Waals surface area contributed by atoms with Gasteiger partial charge in [0.25, 0.3) is 11.1 Å². The lowest BCUT2D eigenvalue weighted by Crippen LogP contribution is -2.27. The van der Waals surface area contributed by atoms with Crippen molar-refractivity contribution in [1.29, 1.82) is 0 Å². The molecule has 0 bridgehead atoms. The van der Waals surface area contributed by atoms with E-state index in [-0.39, 0.29) is 11.5 Å². The van der Waals surface area contributed by atoms with Crippen LogP contribution in [0.15, 0.2) is 45.8 Å². The molecule has 30 heavy (non-hydrogen) atoms. The molecule has 2 aromatic rings. The molecule has 0 aromatic heterocycles. The number of carbonyl (C=O) groups excluding carboxylic acids is 3. The molecule has 0 saturated carbocycles. The summed E-state index contributed by atoms with van der Waals surface area (Å²) in [6, 6.07) is 9.67. The minimum absolute atomic E-state index is 0.251. The summed E-state index contributed by atoms with van der Waals surface area (Å²) in [5, 5.41) is 0.0986. The second-order valence-corrected chi connectivity index (χ2v) is 8.17. The number of rotatable bonds is 6. The summed E-state index contributed by atoms with van der Waals surface area (Å²) in [4.78, 5) is 37.9. The molecule has 1 fully saturated rings. The third-order valence-electron chi connectivity index (χ3n) is 4.02. The normalized spacial score (nSPS) is 14.9. The van der Waals surface area contributed by atoms with Gasteiger partial charge in [-0.1, -0.05) is 27.5 Å². The lowest BCUT2D eigenvalue weighted by atomic mass is 10.1. The number of thioether (sulfide) groups is 1. The Labute approximate surface area is 190 Å². The second kappa shape index (κ2) is 9.55. The molecule has 1 aliphatic rings. The number of ether oxygens (including phenoxy) is 3. The molecule has 2 aromatic carbocycles. The quantitative estimate of drug-likeness (QED) is 0.402. The van der Waals surface area contributed by atoms with E-state index in [9.17, 15) is 14.4 Å². The van der Waals surface area contributed by atoms with Gasteiger partial charge in [-0.2, -0.15) is 0 Å². The Kier molecular flexibility index (Phi) is 7.06. The van der Waals surface area contributed by atoms with E-state index in [4.69, 9.17) is 21.1 Å². The number of amides is 2. The van der Waals surface area contributed by atoms with Crippen molar-refractivity contribution in [3.63, 3.8) is 0 Å². The maximum absolute atomic E-state index is 12.8. The van der Waals surface area contributed by atoms with Crippen LogP contribution in [0.1, 0.15) is 5.56 Å². The van der Waals surface area contributed by atoms with E-state index in [0.29, 0.717) is 32.2 Å². The van der Waals surface area contributed by atoms with Crippen LogP contribution >= 0.6 is 39.3 Å². The second-order valence-electron chi connectivity index (χ2n) is 5.88. The molecule has 0 radical (unpaired) electrons. The summed E-state index contributed by atoms with van der Waals surface area (Å²) in [6.45, 7) is -0.279. The first-order valence-electron chi connectivity index (χ1n) is 8.44. The van der Waals surface area contributed by atoms with E-state index in [1.165, 1.54) is 14.2 Å². The van der Waals surface area contributed by atoms with E-state index < -0.39 is 17.1 Å². The van der Waals surface area contributed by atoms with Crippen LogP contribution in [0, 0.1) is 0 Å². The van der Waals surface area contributed by atoms with Gasteiger partial charge in [-0.05, 0) is 59.8 Å². The minimum Gasteiger partial charge on any atom is -0.493 e. The van der Waals surface area contributed by atoms with Crippen LogP contribution in [0.5, 0.6) is 11.5 Å². The zero-order chi connectivity index (χ0) is 21.8. The average molecular weight is 513 g/mol. The summed E-state index contributed by atoms with van der Waals surface area (Å²) in [7, 11) is 2.71. The molecule has 7 nitrogen and oxygen atoms in total. The molecule has 0 aliphatic carbocycles. The van der Waals surface area contributed by atoms with Crippen molar-refractivity contribution in [3.8, 4) is 11.5 Å². The predicted octanol–water partition coefficient (Wildman–Crippen LogP) is 4.90. The maximum atomic E-state index is 12.8. The van der Waals surface area contributed by atoms with Gasteiger partial charge in [0.2, 0.25) is 0 Å². The number of halogens is 2. The van der Waals surface area contributed by atoms with E-state index in [0.717, 1.165) is 16.7 Å². The summed E-state index contributed by atoms with van der Waals surface area (Å²) >= 11 is 10.1. The highest BCUT2D eigenvalue weighted by molar-refractivity contribution is 9.10. The summed E-state index contributed by atoms with van der Waals surface area (Å²) in [5.41, 5.74) is 1.03. The van der Waals surface area contributed by atoms with Crippen molar-refractivity contribution >= 4 is 68.2 Å². The fourth-order valence-electron chi connectivity index (χ4n) is 2.55. The third kappa shape index (κ3) is 4.80. The lowest BCUT2D eigenvalue weighted by molar-refractivity contribution is -0.142. The number of esters is 1. The Bertz CT molecular complexity index is 1040. The molecule has 1 aliphatic heterocycles. The first-order chi connectivity index (χ1) is 14.3. The van der Waals surface area contributed by atoms with Gasteiger partial charge in [0, 0.05) is 9.50 Å². The number of imide groups is 1. The Hall–Kier alpha value is -2.49. The van der Waals surface area contributed by atoms with Gasteiger partial charge >= 0.3 is 5.97 Å². The number of nitrogens with zero attached hydrogens (tertiary/aromatic N) is 1. The van der Waals surface area contributed by atoms with Crippen LogP contribution in [-0.2, 0) is 14.3 Å². The summed E-state index contributed by atoms with van der Waals surface area (Å²) in [5.74, 6) is -0.302. The third-order valence-corrected chi connectivity index (χ3v) is 5.83. The molecule has 0 spiro atoms. The Morgan fingerprint density at radius 1 is 1.17 bits per heavy atom. The summed E-state index contributed by atoms with van der Waals surface area (Å²) < 4.78 is 15.9. The van der Waals surface area contributed by atoms with Gasteiger partial charge in [-0.25, -0.2) is 9.69 Å². The van der Waals surface area contributed by atoms with Crippen LogP contribution in [-0.4, -0.2) is 37.9 Å². The first-order valence-corrected chi connectivity index (χ1v) is 10.4. The molecule has 10 heteroatoms. The SMILES string of the molecule is COC(=O)COc1cc(Br)c(/C=C2/SC(=O)N(c3ccc(Cl)cc3)C2=O)cc1OC. The number of methoxy groups -OCH3 is 2. The average Bonchev–Trinajstić information content (AvgIpc) is 3.01. The zero-order valence-corrected chi connectivity index (χ0v) is 19.0. The minimum atomic E-state index is -0.534. The molecule has 0 N–H and O–H groups in total. The molecule has 0 unspecified atom stereocenters. The number of hydrogen-bond acceptors (Lipinski definition) is 7. The number of carbonyl (C=O) groups is 3. The van der Waals surface area contributed by atoms with Crippen LogP contribution in [0.4, 0.5) is 10.5 Å². The van der Waals surface area contributed by atoms with Crippen molar-refractivity contribution in [2.24, 2.45) is 0 Å². The molecular formula is C20H15BrClNO6S. The van der Waals surface area contributed by atoms with Crippen molar-refractivity contribution in [1.82, 2.24) is 0 Å². The maximum Gasteiger partial charge on any atom is 0.343 e. The number of anilines is 1. The van der Waals surface area contributed by atoms with Crippen LogP contribution in [0.2, 0.25) is 5.02 Å². The topological polar surface area (TPSA) is 82.1 Å². The Balaban J connectivity index is 1.89. The van der Waals surface area contributed by atoms with Gasteiger partial charge in [-0.3, -0.25) is 9.59 Å². The monoisotopic (exact) mass is 511 g/mol. The molecule has 0 atom stereocenters. The van der Waals surface area contributed by atoms with Crippen LogP contribution in [0.3, 0.4) is 0 Å². The standard InChI is InChI=1S/C20H15BrClNO6S/c1-27-15-7-11(14(21)9-16(15)29-10-18(24)28-2)8-17-19(25)23(20(26)30-17)13-5-3-12(22)4-6-13/h3-9H,10H2,1-2H3/b17-8+. The van der Waals surface area contributed by atoms with Gasteiger partial charge in [0.15, 0.2) is 18.1 Å². The fourth-order valence-corrected chi connectivity index (χ4v) is 3.95. The van der Waals surface area contributed by atoms with Crippen molar-refractivity contribution < 1.29 is 28.6 Å². The highest BCUT2D eigenvalue weighted by atomic mass is 79.9. The highest BCUT2D eigenvalue weighted by Gasteiger charge is 2.36. The lowest BCUT2D eigenvalue weighted by Gasteiger charge is -2.13. The molecule has 3 rings (SSSR count). The van der Waals surface area contributed by atoms with Gasteiger partial charge in [0.1, 0.15) is 0 Å². The van der Waals surface area contributed by atoms with E-state index in [1.54, 1.807) is 42.5 Å². The molecule has 2 amide bonds. The number of hydrogen-bond donors (Lipinski definition) is 0. The van der Waals surface area contributed by atoms with Gasteiger partial charge < -0.3 is 14.2 Å². The summed E-state index contributed by atoms with van der Waals surface area (Å²) in [6.07, 6.45) is 1.58. The zero-order valence-electron chi connectivity index (χ0n) is 15.8. The van der Waals surface area contributed by atoms with E-state index in [2.05, 4.69) is 20.7 Å². The van der Waals surface area contributed by atoms with Gasteiger partial charge in [-0.15, -0.1) is 0 Å². The Morgan fingerprint density at radius 2 is 1.87 bits per heavy atom. The predicted molar refractivity (Wildman–Crippen MR) is 118 cm³/mol. The number of benzene rings is 2. The van der Waals surface area contributed by atoms with Crippen LogP contribution < -0.4 is 14.4 Å². The smallest absolute Gasteiger partial charge is 0.343 e.